The fourth-order valence-corrected chi connectivity index (χ4v) is 1.87. The van der Waals surface area contributed by atoms with Crippen molar-refractivity contribution in [1.29, 1.82) is 0 Å². The van der Waals surface area contributed by atoms with Crippen LogP contribution >= 0.6 is 23.2 Å². The van der Waals surface area contributed by atoms with Gasteiger partial charge in [-0.25, -0.2) is 5.43 Å². The number of rotatable bonds is 4. The summed E-state index contributed by atoms with van der Waals surface area (Å²) >= 11 is 12.0. The van der Waals surface area contributed by atoms with Gasteiger partial charge in [0, 0.05) is 21.2 Å². The predicted molar refractivity (Wildman–Crippen MR) is 92.9 cm³/mol. The molecule has 0 bridgehead atoms. The van der Waals surface area contributed by atoms with Crippen molar-refractivity contribution in [3.05, 3.63) is 69.7 Å². The zero-order chi connectivity index (χ0) is 15.8. The number of benzene rings is 2. The van der Waals surface area contributed by atoms with Gasteiger partial charge in [0.2, 0.25) is 5.96 Å². The molecule has 3 N–H and O–H groups in total. The van der Waals surface area contributed by atoms with E-state index in [9.17, 15) is 0 Å². The maximum atomic E-state index is 5.99. The normalized spacial score (nSPS) is 12.2. The summed E-state index contributed by atoms with van der Waals surface area (Å²) in [5, 5.41) is 12.7. The highest BCUT2D eigenvalue weighted by Crippen LogP contribution is 2.12. The summed E-state index contributed by atoms with van der Waals surface area (Å²) in [5.74, 6) is 0.0478. The van der Waals surface area contributed by atoms with E-state index in [1.165, 1.54) is 6.21 Å². The molecule has 0 spiro atoms. The molecule has 0 fully saturated rings. The van der Waals surface area contributed by atoms with Crippen molar-refractivity contribution in [2.75, 3.05) is 0 Å². The van der Waals surface area contributed by atoms with E-state index in [2.05, 4.69) is 20.7 Å². The molecule has 0 aliphatic rings. The van der Waals surface area contributed by atoms with Gasteiger partial charge < -0.3 is 5.73 Å². The molecule has 5 nitrogen and oxygen atoms in total. The Hall–Kier alpha value is -2.37. The second kappa shape index (κ2) is 8.17. The van der Waals surface area contributed by atoms with Crippen molar-refractivity contribution < 1.29 is 0 Å². The van der Waals surface area contributed by atoms with E-state index >= 15 is 0 Å². The molecule has 0 saturated heterocycles. The summed E-state index contributed by atoms with van der Waals surface area (Å²) in [6, 6.07) is 14.6. The molecule has 7 heteroatoms. The van der Waals surface area contributed by atoms with Crippen LogP contribution in [0.2, 0.25) is 10.0 Å². The van der Waals surface area contributed by atoms with Crippen LogP contribution in [0, 0.1) is 0 Å². The van der Waals surface area contributed by atoms with Gasteiger partial charge in [0.15, 0.2) is 0 Å². The van der Waals surface area contributed by atoms with E-state index in [4.69, 9.17) is 28.9 Å². The van der Waals surface area contributed by atoms with Gasteiger partial charge >= 0.3 is 0 Å². The average molecular weight is 334 g/mol. The number of hydrogen-bond acceptors (Lipinski definition) is 3. The van der Waals surface area contributed by atoms with E-state index in [1.54, 1.807) is 18.3 Å². The van der Waals surface area contributed by atoms with Crippen LogP contribution in [0.25, 0.3) is 0 Å². The predicted octanol–water partition coefficient (Wildman–Crippen LogP) is 3.27. The Labute approximate surface area is 138 Å². The minimum absolute atomic E-state index is 0.0478. The first kappa shape index (κ1) is 16.0. The molecule has 112 valence electrons. The van der Waals surface area contributed by atoms with Gasteiger partial charge in [0.25, 0.3) is 0 Å². The second-order valence-corrected chi connectivity index (χ2v) is 4.96. The summed E-state index contributed by atoms with van der Waals surface area (Å²) in [5.41, 5.74) is 9.69. The first-order valence-electron chi connectivity index (χ1n) is 6.31. The zero-order valence-electron chi connectivity index (χ0n) is 11.4. The van der Waals surface area contributed by atoms with Gasteiger partial charge in [-0.1, -0.05) is 59.6 Å². The molecule has 0 saturated carbocycles. The number of nitrogens with zero attached hydrogens (tertiary/aromatic N) is 3. The summed E-state index contributed by atoms with van der Waals surface area (Å²) in [4.78, 5) is 0. The molecule has 0 radical (unpaired) electrons. The largest absolute Gasteiger partial charge is 0.367 e. The summed E-state index contributed by atoms with van der Waals surface area (Å²) < 4.78 is 0. The molecule has 0 atom stereocenters. The van der Waals surface area contributed by atoms with Crippen LogP contribution < -0.4 is 11.2 Å². The fraction of sp³-hybridized carbons (Fsp3) is 0. The molecule has 22 heavy (non-hydrogen) atoms. The Morgan fingerprint density at radius 2 is 1.45 bits per heavy atom. The molecule has 2 aromatic carbocycles. The smallest absolute Gasteiger partial charge is 0.234 e. The highest BCUT2D eigenvalue weighted by atomic mass is 35.5. The molecule has 0 unspecified atom stereocenters. The Balaban J connectivity index is 1.93. The van der Waals surface area contributed by atoms with Gasteiger partial charge in [-0.2, -0.15) is 10.2 Å². The lowest BCUT2D eigenvalue weighted by atomic mass is 10.2. The average Bonchev–Trinajstić information content (AvgIpc) is 2.51. The van der Waals surface area contributed by atoms with Crippen molar-refractivity contribution >= 4 is 41.6 Å². The Kier molecular flexibility index (Phi) is 5.94. The van der Waals surface area contributed by atoms with E-state index in [0.29, 0.717) is 10.0 Å². The molecule has 0 aliphatic carbocycles. The highest BCUT2D eigenvalue weighted by molar-refractivity contribution is 6.33. The maximum absolute atomic E-state index is 5.99. The van der Waals surface area contributed by atoms with Gasteiger partial charge in [-0.05, 0) is 12.1 Å². The van der Waals surface area contributed by atoms with Crippen molar-refractivity contribution in [3.63, 3.8) is 0 Å². The molecular formula is C15H13Cl2N5. The lowest BCUT2D eigenvalue weighted by molar-refractivity contribution is 0.994. The van der Waals surface area contributed by atoms with E-state index in [-0.39, 0.29) is 5.96 Å². The first-order valence-corrected chi connectivity index (χ1v) is 7.07. The molecule has 2 rings (SSSR count). The summed E-state index contributed by atoms with van der Waals surface area (Å²) in [7, 11) is 0. The summed E-state index contributed by atoms with van der Waals surface area (Å²) in [6.45, 7) is 0. The van der Waals surface area contributed by atoms with Crippen LogP contribution in [-0.4, -0.2) is 18.4 Å². The number of nitrogens with one attached hydrogen (secondary N) is 1. The van der Waals surface area contributed by atoms with E-state index in [1.807, 2.05) is 36.4 Å². The number of nitrogens with two attached hydrogens (primary N) is 1. The molecule has 0 aliphatic heterocycles. The molecule has 0 amide bonds. The fourth-order valence-electron chi connectivity index (χ4n) is 1.50. The lowest BCUT2D eigenvalue weighted by Gasteiger charge is -1.98. The number of hydrogen-bond donors (Lipinski definition) is 2. The SMILES string of the molecule is NC(=NN=Cc1ccccc1Cl)NN=Cc1ccccc1Cl. The molecule has 0 aromatic heterocycles. The topological polar surface area (TPSA) is 75.1 Å². The van der Waals surface area contributed by atoms with Gasteiger partial charge in [0.05, 0.1) is 12.4 Å². The van der Waals surface area contributed by atoms with Gasteiger partial charge in [0.1, 0.15) is 0 Å². The van der Waals surface area contributed by atoms with E-state index in [0.717, 1.165) is 11.1 Å². The van der Waals surface area contributed by atoms with Crippen molar-refractivity contribution in [1.82, 2.24) is 5.43 Å². The minimum atomic E-state index is 0.0478. The molecular weight excluding hydrogens is 321 g/mol. The number of guanidine groups is 1. The third kappa shape index (κ3) is 4.87. The van der Waals surface area contributed by atoms with Crippen molar-refractivity contribution in [2.24, 2.45) is 21.0 Å². The Bertz CT molecular complexity index is 725. The van der Waals surface area contributed by atoms with Crippen LogP contribution in [0.5, 0.6) is 0 Å². The zero-order valence-corrected chi connectivity index (χ0v) is 13.0. The standard InChI is InChI=1S/C15H13Cl2N5/c16-13-7-3-1-5-11(13)9-19-21-15(18)22-20-10-12-6-2-4-8-14(12)17/h1-10H,(H3,18,21,22). The van der Waals surface area contributed by atoms with Crippen LogP contribution in [0.3, 0.4) is 0 Å². The van der Waals surface area contributed by atoms with Gasteiger partial charge in [-0.15, -0.1) is 5.10 Å². The maximum Gasteiger partial charge on any atom is 0.234 e. The Morgan fingerprint density at radius 1 is 0.909 bits per heavy atom. The quantitative estimate of drug-likeness (QED) is 0.512. The monoisotopic (exact) mass is 333 g/mol. The highest BCUT2D eigenvalue weighted by Gasteiger charge is 1.95. The minimum Gasteiger partial charge on any atom is -0.367 e. The molecule has 2 aromatic rings. The van der Waals surface area contributed by atoms with Crippen LogP contribution in [0.15, 0.2) is 63.8 Å². The number of hydrazone groups is 1. The summed E-state index contributed by atoms with van der Waals surface area (Å²) in [6.07, 6.45) is 3.05. The third-order valence-corrected chi connectivity index (χ3v) is 3.24. The van der Waals surface area contributed by atoms with Crippen molar-refractivity contribution in [3.8, 4) is 0 Å². The first-order chi connectivity index (χ1) is 10.7. The van der Waals surface area contributed by atoms with Crippen LogP contribution in [-0.2, 0) is 0 Å². The van der Waals surface area contributed by atoms with Crippen molar-refractivity contribution in [2.45, 2.75) is 0 Å². The lowest BCUT2D eigenvalue weighted by Crippen LogP contribution is -2.26. The second-order valence-electron chi connectivity index (χ2n) is 4.14. The van der Waals surface area contributed by atoms with Crippen LogP contribution in [0.4, 0.5) is 0 Å². The third-order valence-electron chi connectivity index (χ3n) is 2.56. The van der Waals surface area contributed by atoms with Crippen LogP contribution in [0.1, 0.15) is 11.1 Å². The number of halogens is 2. The molecule has 0 heterocycles. The Morgan fingerprint density at radius 3 is 2.05 bits per heavy atom. The van der Waals surface area contributed by atoms with E-state index < -0.39 is 0 Å². The van der Waals surface area contributed by atoms with Gasteiger partial charge in [-0.3, -0.25) is 0 Å².